The minimum atomic E-state index is -0.196. The van der Waals surface area contributed by atoms with Gasteiger partial charge in [0, 0.05) is 40.2 Å². The lowest BCUT2D eigenvalue weighted by molar-refractivity contribution is -0.133. The number of carbonyl (C=O) groups excluding carboxylic acids is 1. The maximum absolute atomic E-state index is 12.4. The van der Waals surface area contributed by atoms with E-state index in [9.17, 15) is 4.79 Å². The van der Waals surface area contributed by atoms with E-state index < -0.39 is 0 Å². The minimum absolute atomic E-state index is 0.0238. The van der Waals surface area contributed by atoms with Crippen LogP contribution in [0.3, 0.4) is 0 Å². The van der Waals surface area contributed by atoms with Crippen LogP contribution >= 0.6 is 0 Å². The van der Waals surface area contributed by atoms with Crippen molar-refractivity contribution in [1.82, 2.24) is 24.6 Å². The van der Waals surface area contributed by atoms with Gasteiger partial charge in [-0.2, -0.15) is 0 Å². The molecule has 0 fully saturated rings. The van der Waals surface area contributed by atoms with Gasteiger partial charge in [-0.3, -0.25) is 9.78 Å². The van der Waals surface area contributed by atoms with Gasteiger partial charge in [-0.25, -0.2) is 0 Å². The second-order valence-electron chi connectivity index (χ2n) is 5.09. The fraction of sp³-hybridized carbons (Fsp3) is 0.467. The molecule has 7 heteroatoms. The van der Waals surface area contributed by atoms with E-state index in [0.29, 0.717) is 19.4 Å². The molecule has 0 unspecified atom stereocenters. The molecular weight excluding hydrogens is 282 g/mol. The number of methoxy groups -OCH3 is 1. The Morgan fingerprint density at radius 2 is 2.27 bits per heavy atom. The Kier molecular flexibility index (Phi) is 5.60. The monoisotopic (exact) mass is 303 g/mol. The lowest BCUT2D eigenvalue weighted by Crippen LogP contribution is -2.34. The van der Waals surface area contributed by atoms with Gasteiger partial charge in [0.1, 0.15) is 12.2 Å². The molecule has 2 heterocycles. The molecule has 22 heavy (non-hydrogen) atoms. The van der Waals surface area contributed by atoms with Crippen molar-refractivity contribution in [3.05, 3.63) is 42.2 Å². The van der Waals surface area contributed by atoms with Crippen molar-refractivity contribution in [2.24, 2.45) is 7.05 Å². The van der Waals surface area contributed by atoms with Gasteiger partial charge in [-0.15, -0.1) is 10.2 Å². The molecule has 0 aromatic carbocycles. The lowest BCUT2D eigenvalue weighted by atomic mass is 10.1. The Balaban J connectivity index is 2.02. The number of hydrogen-bond donors (Lipinski definition) is 0. The van der Waals surface area contributed by atoms with Gasteiger partial charge in [0.2, 0.25) is 5.91 Å². The summed E-state index contributed by atoms with van der Waals surface area (Å²) in [5.41, 5.74) is 0.818. The van der Waals surface area contributed by atoms with Crippen LogP contribution in [0.15, 0.2) is 30.7 Å². The summed E-state index contributed by atoms with van der Waals surface area (Å²) in [7, 11) is 5.26. The molecule has 0 aliphatic rings. The first-order chi connectivity index (χ1) is 10.6. The average molecular weight is 303 g/mol. The molecule has 0 aliphatic carbocycles. The van der Waals surface area contributed by atoms with Crippen LogP contribution in [0.1, 0.15) is 24.0 Å². The van der Waals surface area contributed by atoms with E-state index in [2.05, 4.69) is 15.2 Å². The fourth-order valence-electron chi connectivity index (χ4n) is 2.23. The van der Waals surface area contributed by atoms with Crippen LogP contribution in [0.4, 0.5) is 0 Å². The Morgan fingerprint density at radius 3 is 2.86 bits per heavy atom. The molecule has 118 valence electrons. The molecule has 0 N–H and O–H groups in total. The zero-order valence-electron chi connectivity index (χ0n) is 13.1. The van der Waals surface area contributed by atoms with E-state index in [1.807, 2.05) is 29.8 Å². The van der Waals surface area contributed by atoms with Crippen LogP contribution in [-0.4, -0.2) is 51.3 Å². The summed E-state index contributed by atoms with van der Waals surface area (Å²) >= 11 is 0. The number of amides is 1. The molecular formula is C15H21N5O2. The van der Waals surface area contributed by atoms with Crippen LogP contribution in [0.5, 0.6) is 0 Å². The first-order valence-corrected chi connectivity index (χ1v) is 7.12. The van der Waals surface area contributed by atoms with Crippen molar-refractivity contribution in [3.8, 4) is 0 Å². The number of aryl methyl sites for hydroxylation is 2. The van der Waals surface area contributed by atoms with E-state index in [1.165, 1.54) is 0 Å². The Morgan fingerprint density at radius 1 is 1.45 bits per heavy atom. The maximum Gasteiger partial charge on any atom is 0.223 e. The van der Waals surface area contributed by atoms with E-state index in [4.69, 9.17) is 4.74 Å². The fourth-order valence-corrected chi connectivity index (χ4v) is 2.23. The minimum Gasteiger partial charge on any atom is -0.382 e. The van der Waals surface area contributed by atoms with Crippen LogP contribution in [0.25, 0.3) is 0 Å². The summed E-state index contributed by atoms with van der Waals surface area (Å²) < 4.78 is 7.06. The van der Waals surface area contributed by atoms with Gasteiger partial charge >= 0.3 is 0 Å². The van der Waals surface area contributed by atoms with Crippen molar-refractivity contribution >= 4 is 5.91 Å². The molecule has 0 spiro atoms. The zero-order chi connectivity index (χ0) is 15.9. The molecule has 2 aromatic rings. The largest absolute Gasteiger partial charge is 0.382 e. The van der Waals surface area contributed by atoms with E-state index in [0.717, 1.165) is 11.5 Å². The summed E-state index contributed by atoms with van der Waals surface area (Å²) in [5.74, 6) is 0.818. The number of ether oxygens (including phenoxy) is 1. The lowest BCUT2D eigenvalue weighted by Gasteiger charge is -2.27. The van der Waals surface area contributed by atoms with Gasteiger partial charge in [0.15, 0.2) is 0 Å². The van der Waals surface area contributed by atoms with Gasteiger partial charge in [-0.1, -0.05) is 6.07 Å². The second kappa shape index (κ2) is 7.65. The third-order valence-electron chi connectivity index (χ3n) is 3.58. The second-order valence-corrected chi connectivity index (χ2v) is 5.09. The van der Waals surface area contributed by atoms with Crippen LogP contribution in [0, 0.1) is 0 Å². The molecule has 2 aromatic heterocycles. The predicted octanol–water partition coefficient (Wildman–Crippen LogP) is 0.989. The number of rotatable bonds is 7. The number of aromatic nitrogens is 4. The maximum atomic E-state index is 12.4. The molecule has 2 rings (SSSR count). The predicted molar refractivity (Wildman–Crippen MR) is 80.9 cm³/mol. The van der Waals surface area contributed by atoms with Gasteiger partial charge in [0.25, 0.3) is 0 Å². The summed E-state index contributed by atoms with van der Waals surface area (Å²) in [6.07, 6.45) is 4.28. The molecule has 0 saturated heterocycles. The average Bonchev–Trinajstić information content (AvgIpc) is 2.95. The molecule has 1 amide bonds. The third kappa shape index (κ3) is 3.88. The zero-order valence-corrected chi connectivity index (χ0v) is 13.1. The van der Waals surface area contributed by atoms with Crippen LogP contribution in [0.2, 0.25) is 0 Å². The molecule has 0 aliphatic heterocycles. The molecule has 7 nitrogen and oxygen atoms in total. The number of carbonyl (C=O) groups is 1. The molecule has 0 bridgehead atoms. The van der Waals surface area contributed by atoms with E-state index >= 15 is 0 Å². The SMILES string of the molecule is COC[C@H](c1ccccn1)N(C)C(=O)CCc1nncn1C. The Hall–Kier alpha value is -2.28. The summed E-state index contributed by atoms with van der Waals surface area (Å²) in [6.45, 7) is 0.406. The Labute approximate surface area is 129 Å². The topological polar surface area (TPSA) is 73.1 Å². The number of hydrogen-bond acceptors (Lipinski definition) is 5. The first kappa shape index (κ1) is 16.1. The smallest absolute Gasteiger partial charge is 0.223 e. The molecule has 1 atom stereocenters. The highest BCUT2D eigenvalue weighted by molar-refractivity contribution is 5.76. The summed E-state index contributed by atoms with van der Waals surface area (Å²) in [4.78, 5) is 18.4. The number of nitrogens with zero attached hydrogens (tertiary/aromatic N) is 5. The van der Waals surface area contributed by atoms with Gasteiger partial charge < -0.3 is 14.2 Å². The molecule has 0 radical (unpaired) electrons. The van der Waals surface area contributed by atoms with E-state index in [-0.39, 0.29) is 11.9 Å². The van der Waals surface area contributed by atoms with Crippen LogP contribution in [-0.2, 0) is 23.0 Å². The highest BCUT2D eigenvalue weighted by atomic mass is 16.5. The van der Waals surface area contributed by atoms with Gasteiger partial charge in [0.05, 0.1) is 18.3 Å². The summed E-state index contributed by atoms with van der Waals surface area (Å²) in [5, 5.41) is 7.81. The van der Waals surface area contributed by atoms with Crippen molar-refractivity contribution in [1.29, 1.82) is 0 Å². The van der Waals surface area contributed by atoms with Crippen molar-refractivity contribution in [2.45, 2.75) is 18.9 Å². The normalized spacial score (nSPS) is 12.1. The molecule has 0 saturated carbocycles. The Bertz CT molecular complexity index is 599. The summed E-state index contributed by atoms with van der Waals surface area (Å²) in [6, 6.07) is 5.46. The standard InChI is InChI=1S/C15H21N5O2/c1-19-11-17-18-14(19)7-8-15(21)20(2)13(10-22-3)12-6-4-5-9-16-12/h4-6,9,11,13H,7-8,10H2,1-3H3/t13-/m1/s1. The highest BCUT2D eigenvalue weighted by Gasteiger charge is 2.22. The number of likely N-dealkylation sites (N-methyl/N-ethyl adjacent to an activating group) is 1. The quantitative estimate of drug-likeness (QED) is 0.762. The van der Waals surface area contributed by atoms with E-state index in [1.54, 1.807) is 31.6 Å². The van der Waals surface area contributed by atoms with Crippen LogP contribution < -0.4 is 0 Å². The van der Waals surface area contributed by atoms with Gasteiger partial charge in [-0.05, 0) is 12.1 Å². The van der Waals surface area contributed by atoms with Crippen molar-refractivity contribution in [3.63, 3.8) is 0 Å². The first-order valence-electron chi connectivity index (χ1n) is 7.12. The number of pyridine rings is 1. The van der Waals surface area contributed by atoms with Crippen molar-refractivity contribution in [2.75, 3.05) is 20.8 Å². The van der Waals surface area contributed by atoms with Crippen molar-refractivity contribution < 1.29 is 9.53 Å². The highest BCUT2D eigenvalue weighted by Crippen LogP contribution is 2.18. The third-order valence-corrected chi connectivity index (χ3v) is 3.58.